The number of rotatable bonds is 3. The van der Waals surface area contributed by atoms with E-state index in [9.17, 15) is 4.79 Å². The molecule has 0 radical (unpaired) electrons. The minimum absolute atomic E-state index is 0.327. The highest BCUT2D eigenvalue weighted by atomic mass is 79.9. The highest BCUT2D eigenvalue weighted by Crippen LogP contribution is 2.21. The molecule has 0 unspecified atom stereocenters. The maximum atomic E-state index is 11.1. The molecule has 0 heterocycles. The molecule has 0 saturated carbocycles. The van der Waals surface area contributed by atoms with Gasteiger partial charge in [0.15, 0.2) is 0 Å². The molecule has 0 saturated heterocycles. The van der Waals surface area contributed by atoms with E-state index in [0.29, 0.717) is 17.0 Å². The summed E-state index contributed by atoms with van der Waals surface area (Å²) in [5.74, 6) is -0.911. The molecule has 0 aliphatic heterocycles. The van der Waals surface area contributed by atoms with Gasteiger partial charge in [0.2, 0.25) is 0 Å². The molecule has 0 aliphatic carbocycles. The van der Waals surface area contributed by atoms with Gasteiger partial charge in [0.05, 0.1) is 5.56 Å². The maximum absolute atomic E-state index is 11.1. The molecule has 4 heteroatoms. The van der Waals surface area contributed by atoms with E-state index < -0.39 is 5.97 Å². The average Bonchev–Trinajstić information content (AvgIpc) is 2.32. The fraction of sp³-hybridized carbons (Fsp3) is 0.0714. The molecule has 0 bridgehead atoms. The van der Waals surface area contributed by atoms with Crippen molar-refractivity contribution in [2.45, 2.75) is 6.42 Å². The third-order valence-corrected chi connectivity index (χ3v) is 3.35. The Morgan fingerprint density at radius 2 is 1.83 bits per heavy atom. The van der Waals surface area contributed by atoms with Crippen LogP contribution in [0.1, 0.15) is 21.5 Å². The Morgan fingerprint density at radius 3 is 2.44 bits per heavy atom. The molecule has 2 aromatic carbocycles. The minimum atomic E-state index is -0.911. The molecule has 2 aromatic rings. The molecule has 18 heavy (non-hydrogen) atoms. The molecule has 1 N–H and O–H groups in total. The predicted octanol–water partition coefficient (Wildman–Crippen LogP) is 4.39. The Bertz CT molecular complexity index is 579. The van der Waals surface area contributed by atoms with Crippen molar-refractivity contribution in [1.29, 1.82) is 0 Å². The fourth-order valence-electron chi connectivity index (χ4n) is 1.74. The zero-order valence-corrected chi connectivity index (χ0v) is 11.7. The van der Waals surface area contributed by atoms with Crippen molar-refractivity contribution in [2.75, 3.05) is 0 Å². The topological polar surface area (TPSA) is 37.3 Å². The van der Waals surface area contributed by atoms with Crippen molar-refractivity contribution < 1.29 is 9.90 Å². The first-order valence-corrected chi connectivity index (χ1v) is 6.49. The molecule has 92 valence electrons. The first kappa shape index (κ1) is 13.1. The van der Waals surface area contributed by atoms with Crippen LogP contribution in [0.2, 0.25) is 5.02 Å². The summed E-state index contributed by atoms with van der Waals surface area (Å²) in [4.78, 5) is 11.1. The van der Waals surface area contributed by atoms with Gasteiger partial charge in [-0.1, -0.05) is 39.7 Å². The molecule has 0 amide bonds. The van der Waals surface area contributed by atoms with Crippen LogP contribution in [0, 0.1) is 0 Å². The van der Waals surface area contributed by atoms with Gasteiger partial charge in [-0.05, 0) is 47.9 Å². The summed E-state index contributed by atoms with van der Waals surface area (Å²) in [5, 5.41) is 9.81. The summed E-state index contributed by atoms with van der Waals surface area (Å²) in [6.45, 7) is 0. The van der Waals surface area contributed by atoms with Crippen molar-refractivity contribution in [1.82, 2.24) is 0 Å². The van der Waals surface area contributed by atoms with Crippen molar-refractivity contribution in [3.05, 3.63) is 68.7 Å². The molecular formula is C14H10BrClO2. The van der Waals surface area contributed by atoms with Gasteiger partial charge in [0.25, 0.3) is 0 Å². The van der Waals surface area contributed by atoms with E-state index in [4.69, 9.17) is 16.7 Å². The minimum Gasteiger partial charge on any atom is -0.478 e. The van der Waals surface area contributed by atoms with E-state index in [1.165, 1.54) is 0 Å². The Kier molecular flexibility index (Phi) is 4.04. The largest absolute Gasteiger partial charge is 0.478 e. The van der Waals surface area contributed by atoms with E-state index in [1.54, 1.807) is 24.3 Å². The number of hydrogen-bond acceptors (Lipinski definition) is 1. The zero-order valence-electron chi connectivity index (χ0n) is 9.36. The van der Waals surface area contributed by atoms with Crippen LogP contribution in [-0.2, 0) is 6.42 Å². The lowest BCUT2D eigenvalue weighted by Gasteiger charge is -2.07. The predicted molar refractivity (Wildman–Crippen MR) is 75.4 cm³/mol. The number of carboxylic acids is 1. The van der Waals surface area contributed by atoms with Crippen molar-refractivity contribution in [3.8, 4) is 0 Å². The van der Waals surface area contributed by atoms with E-state index in [-0.39, 0.29) is 0 Å². The molecule has 0 aromatic heterocycles. The van der Waals surface area contributed by atoms with Gasteiger partial charge >= 0.3 is 5.97 Å². The second-order valence-corrected chi connectivity index (χ2v) is 5.26. The quantitative estimate of drug-likeness (QED) is 0.908. The van der Waals surface area contributed by atoms with Crippen LogP contribution in [0.25, 0.3) is 0 Å². The van der Waals surface area contributed by atoms with E-state index in [0.717, 1.165) is 15.6 Å². The molecule has 2 nitrogen and oxygen atoms in total. The van der Waals surface area contributed by atoms with E-state index in [1.807, 2.05) is 18.2 Å². The van der Waals surface area contributed by atoms with Gasteiger partial charge in [-0.25, -0.2) is 4.79 Å². The molecule has 2 rings (SSSR count). The Hall–Kier alpha value is -1.32. The molecular weight excluding hydrogens is 316 g/mol. The van der Waals surface area contributed by atoms with Crippen LogP contribution in [0.15, 0.2) is 46.9 Å². The van der Waals surface area contributed by atoms with Gasteiger partial charge in [0.1, 0.15) is 0 Å². The van der Waals surface area contributed by atoms with Crippen LogP contribution in [0.5, 0.6) is 0 Å². The summed E-state index contributed by atoms with van der Waals surface area (Å²) >= 11 is 9.18. The molecule has 0 spiro atoms. The SMILES string of the molecule is O=C(O)c1ccc(Br)cc1Cc1ccc(Cl)cc1. The van der Waals surface area contributed by atoms with E-state index >= 15 is 0 Å². The van der Waals surface area contributed by atoms with Crippen LogP contribution in [0.3, 0.4) is 0 Å². The zero-order chi connectivity index (χ0) is 13.1. The Morgan fingerprint density at radius 1 is 1.17 bits per heavy atom. The lowest BCUT2D eigenvalue weighted by molar-refractivity contribution is 0.0696. The lowest BCUT2D eigenvalue weighted by atomic mass is 10.00. The van der Waals surface area contributed by atoms with Crippen LogP contribution >= 0.6 is 27.5 Å². The number of carbonyl (C=O) groups is 1. The molecule has 0 fully saturated rings. The van der Waals surface area contributed by atoms with E-state index in [2.05, 4.69) is 15.9 Å². The normalized spacial score (nSPS) is 10.3. The standard InChI is InChI=1S/C14H10BrClO2/c15-11-3-6-13(14(17)18)10(8-11)7-9-1-4-12(16)5-2-9/h1-6,8H,7H2,(H,17,18). The van der Waals surface area contributed by atoms with Crippen molar-refractivity contribution >= 4 is 33.5 Å². The van der Waals surface area contributed by atoms with Crippen LogP contribution in [0.4, 0.5) is 0 Å². The lowest BCUT2D eigenvalue weighted by Crippen LogP contribution is -2.03. The average molecular weight is 326 g/mol. The smallest absolute Gasteiger partial charge is 0.335 e. The molecule has 0 atom stereocenters. The van der Waals surface area contributed by atoms with Gasteiger partial charge in [-0.3, -0.25) is 0 Å². The summed E-state index contributed by atoms with van der Waals surface area (Å²) in [7, 11) is 0. The first-order valence-electron chi connectivity index (χ1n) is 5.32. The monoisotopic (exact) mass is 324 g/mol. The number of halogens is 2. The number of benzene rings is 2. The van der Waals surface area contributed by atoms with Crippen molar-refractivity contribution in [3.63, 3.8) is 0 Å². The number of aromatic carboxylic acids is 1. The number of hydrogen-bond donors (Lipinski definition) is 1. The highest BCUT2D eigenvalue weighted by molar-refractivity contribution is 9.10. The summed E-state index contributed by atoms with van der Waals surface area (Å²) in [6, 6.07) is 12.6. The fourth-order valence-corrected chi connectivity index (χ4v) is 2.27. The second kappa shape index (κ2) is 5.55. The van der Waals surface area contributed by atoms with Gasteiger partial charge in [-0.2, -0.15) is 0 Å². The number of carboxylic acid groups (broad SMARTS) is 1. The first-order chi connectivity index (χ1) is 8.56. The third kappa shape index (κ3) is 3.12. The Balaban J connectivity index is 2.35. The maximum Gasteiger partial charge on any atom is 0.335 e. The third-order valence-electron chi connectivity index (χ3n) is 2.61. The van der Waals surface area contributed by atoms with Crippen LogP contribution in [-0.4, -0.2) is 11.1 Å². The van der Waals surface area contributed by atoms with Crippen molar-refractivity contribution in [2.24, 2.45) is 0 Å². The Labute approximate surface area is 118 Å². The summed E-state index contributed by atoms with van der Waals surface area (Å²) in [5.41, 5.74) is 2.13. The highest BCUT2D eigenvalue weighted by Gasteiger charge is 2.10. The summed E-state index contributed by atoms with van der Waals surface area (Å²) < 4.78 is 0.872. The van der Waals surface area contributed by atoms with Crippen LogP contribution < -0.4 is 0 Å². The molecule has 0 aliphatic rings. The van der Waals surface area contributed by atoms with Gasteiger partial charge in [-0.15, -0.1) is 0 Å². The summed E-state index contributed by atoms with van der Waals surface area (Å²) in [6.07, 6.45) is 0.568. The van der Waals surface area contributed by atoms with Gasteiger partial charge in [0, 0.05) is 9.50 Å². The van der Waals surface area contributed by atoms with Gasteiger partial charge < -0.3 is 5.11 Å². The second-order valence-electron chi connectivity index (χ2n) is 3.91.